The molecule has 1 aliphatic heterocycles. The number of hydrogen-bond acceptors (Lipinski definition) is 7. The Morgan fingerprint density at radius 2 is 1.98 bits per heavy atom. The highest BCUT2D eigenvalue weighted by Crippen LogP contribution is 2.28. The molecule has 2 aliphatic rings. The van der Waals surface area contributed by atoms with E-state index in [-0.39, 0.29) is 22.0 Å². The van der Waals surface area contributed by atoms with Crippen LogP contribution in [0.15, 0.2) is 40.6 Å². The topological polar surface area (TPSA) is 90.6 Å². The Morgan fingerprint density at radius 3 is 2.68 bits per heavy atom. The molecular weight excluding hydrogens is 535 g/mol. The third-order valence-electron chi connectivity index (χ3n) is 7.77. The second-order valence-corrected chi connectivity index (χ2v) is 11.0. The molecule has 3 N–H and O–H groups in total. The highest BCUT2D eigenvalue weighted by Gasteiger charge is 2.44. The lowest BCUT2D eigenvalue weighted by atomic mass is 9.91. The number of carbonyl (C=O) groups excluding carboxylic acids is 1. The average Bonchev–Trinajstić information content (AvgIpc) is 2.91. The van der Waals surface area contributed by atoms with E-state index in [1.807, 2.05) is 0 Å². The molecule has 0 unspecified atom stereocenters. The number of allylic oxidation sites excluding steroid dienone is 6. The molecule has 41 heavy (non-hydrogen) atoms. The van der Waals surface area contributed by atoms with Crippen LogP contribution in [0.2, 0.25) is 0 Å². The Hall–Kier alpha value is -2.92. The maximum atomic E-state index is 13.3. The van der Waals surface area contributed by atoms with Crippen LogP contribution >= 0.6 is 0 Å². The molecule has 0 amide bonds. The van der Waals surface area contributed by atoms with Crippen LogP contribution in [0.25, 0.3) is 0 Å². The molecule has 0 spiro atoms. The summed E-state index contributed by atoms with van der Waals surface area (Å²) in [5.74, 6) is -1.90. The van der Waals surface area contributed by atoms with Gasteiger partial charge >= 0.3 is 12.0 Å². The minimum atomic E-state index is -4.84. The molecule has 0 aromatic carbocycles. The maximum absolute atomic E-state index is 13.3. The van der Waals surface area contributed by atoms with E-state index < -0.39 is 18.0 Å². The molecule has 1 aromatic heterocycles. The van der Waals surface area contributed by atoms with Crippen LogP contribution in [0, 0.1) is 6.92 Å². The first-order valence-electron chi connectivity index (χ1n) is 14.5. The van der Waals surface area contributed by atoms with Crippen LogP contribution < -0.4 is 15.4 Å². The van der Waals surface area contributed by atoms with Gasteiger partial charge in [0.05, 0.1) is 12.7 Å². The number of halogens is 3. The highest BCUT2D eigenvalue weighted by molar-refractivity contribution is 5.83. The maximum Gasteiger partial charge on any atom is 0.485 e. The summed E-state index contributed by atoms with van der Waals surface area (Å²) in [6.07, 6.45) is 7.56. The SMILES string of the molecule is COCCN(CCCCC1=C(C)CCC2=C(C=C1)CCCN2)CC[C@H](Nc1cc(C)nc(C(F)(F)F)[n+]1O)C(C)=O. The van der Waals surface area contributed by atoms with E-state index in [9.17, 15) is 23.2 Å². The summed E-state index contributed by atoms with van der Waals surface area (Å²) in [6, 6.07) is 0.513. The van der Waals surface area contributed by atoms with Crippen molar-refractivity contribution >= 4 is 11.6 Å². The Morgan fingerprint density at radius 1 is 1.20 bits per heavy atom. The van der Waals surface area contributed by atoms with Crippen LogP contribution in [0.3, 0.4) is 0 Å². The van der Waals surface area contributed by atoms with Crippen molar-refractivity contribution in [2.24, 2.45) is 0 Å². The van der Waals surface area contributed by atoms with Crippen LogP contribution in [0.4, 0.5) is 19.0 Å². The number of Topliss-reactive ketones (excluding diaryl/α,β-unsaturated/α-hetero) is 1. The monoisotopic (exact) mass is 580 g/mol. The molecule has 11 heteroatoms. The van der Waals surface area contributed by atoms with Crippen molar-refractivity contribution < 1.29 is 32.6 Å². The Balaban J connectivity index is 1.57. The summed E-state index contributed by atoms with van der Waals surface area (Å²) in [4.78, 5) is 18.0. The van der Waals surface area contributed by atoms with E-state index in [0.717, 1.165) is 51.6 Å². The molecule has 228 valence electrons. The van der Waals surface area contributed by atoms with Crippen molar-refractivity contribution in [1.82, 2.24) is 15.2 Å². The smallest absolute Gasteiger partial charge is 0.388 e. The molecule has 2 heterocycles. The molecule has 3 rings (SSSR count). The molecule has 0 radical (unpaired) electrons. The van der Waals surface area contributed by atoms with E-state index in [0.29, 0.717) is 26.1 Å². The van der Waals surface area contributed by atoms with E-state index in [1.165, 1.54) is 48.8 Å². The molecule has 1 atom stereocenters. The fourth-order valence-corrected chi connectivity index (χ4v) is 5.31. The summed E-state index contributed by atoms with van der Waals surface area (Å²) in [5.41, 5.74) is 5.75. The molecule has 8 nitrogen and oxygen atoms in total. The molecule has 0 saturated heterocycles. The average molecular weight is 581 g/mol. The molecule has 0 fully saturated rings. The zero-order valence-electron chi connectivity index (χ0n) is 24.7. The standard InChI is InChI=1S/C30H44F3N5O3/c1-21-10-13-27-25(9-7-15-34-27)12-11-24(21)8-5-6-16-37(18-19-41-4)17-14-26(23(3)39)36-28-20-22(2)35-29(38(28)40)30(31,32)33/h11-12,20,26,34,40H,5-10,13-19H2,1-4H3/p+1/t26-/m0/s1. The number of methoxy groups -OCH3 is 1. The lowest BCUT2D eigenvalue weighted by Gasteiger charge is -2.24. The number of unbranched alkanes of at least 4 members (excludes halogenated alkanes) is 1. The Bertz CT molecular complexity index is 1150. The highest BCUT2D eigenvalue weighted by atomic mass is 19.4. The van der Waals surface area contributed by atoms with E-state index in [4.69, 9.17) is 4.74 Å². The number of nitrogens with one attached hydrogen (secondary N) is 2. The normalized spacial score (nSPS) is 16.8. The molecule has 0 saturated carbocycles. The lowest BCUT2D eigenvalue weighted by molar-refractivity contribution is -0.906. The van der Waals surface area contributed by atoms with Gasteiger partial charge in [-0.15, -0.1) is 4.98 Å². The summed E-state index contributed by atoms with van der Waals surface area (Å²) in [6.45, 7) is 8.66. The van der Waals surface area contributed by atoms with Gasteiger partial charge in [0.15, 0.2) is 5.78 Å². The van der Waals surface area contributed by atoms with Crippen molar-refractivity contribution in [3.63, 3.8) is 0 Å². The number of carbonyl (C=O) groups is 1. The Labute approximate surface area is 241 Å². The van der Waals surface area contributed by atoms with Crippen molar-refractivity contribution in [2.75, 3.05) is 45.2 Å². The van der Waals surface area contributed by atoms with Crippen molar-refractivity contribution in [2.45, 2.75) is 84.4 Å². The number of hydrogen-bond donors (Lipinski definition) is 3. The minimum absolute atomic E-state index is 0.0334. The number of aromatic nitrogens is 2. The summed E-state index contributed by atoms with van der Waals surface area (Å²) in [5, 5.41) is 16.5. The van der Waals surface area contributed by atoms with Crippen LogP contribution in [-0.2, 0) is 15.7 Å². The summed E-state index contributed by atoms with van der Waals surface area (Å²) >= 11 is 0. The van der Waals surface area contributed by atoms with Crippen LogP contribution in [0.1, 0.15) is 76.7 Å². The summed E-state index contributed by atoms with van der Waals surface area (Å²) < 4.78 is 45.2. The van der Waals surface area contributed by atoms with Crippen molar-refractivity contribution in [3.8, 4) is 0 Å². The van der Waals surface area contributed by atoms with Gasteiger partial charge in [-0.3, -0.25) is 10.1 Å². The number of anilines is 1. The second-order valence-electron chi connectivity index (χ2n) is 11.0. The van der Waals surface area contributed by atoms with Gasteiger partial charge in [0.25, 0.3) is 5.82 Å². The number of ether oxygens (including phenoxy) is 1. The zero-order valence-corrected chi connectivity index (χ0v) is 24.7. The van der Waals surface area contributed by atoms with E-state index in [2.05, 4.69) is 39.6 Å². The fourth-order valence-electron chi connectivity index (χ4n) is 5.31. The van der Waals surface area contributed by atoms with Gasteiger partial charge < -0.3 is 20.2 Å². The van der Waals surface area contributed by atoms with Gasteiger partial charge in [-0.05, 0) is 88.1 Å². The van der Waals surface area contributed by atoms with E-state index in [1.54, 1.807) is 7.11 Å². The largest absolute Gasteiger partial charge is 0.485 e. The van der Waals surface area contributed by atoms with Gasteiger partial charge in [-0.25, -0.2) is 0 Å². The first-order valence-corrected chi connectivity index (χ1v) is 14.5. The van der Waals surface area contributed by atoms with Crippen molar-refractivity contribution in [1.29, 1.82) is 0 Å². The molecular formula is C30H45F3N5O3+. The summed E-state index contributed by atoms with van der Waals surface area (Å²) in [7, 11) is 1.64. The van der Waals surface area contributed by atoms with Gasteiger partial charge in [-0.2, -0.15) is 13.2 Å². The zero-order chi connectivity index (χ0) is 30.0. The van der Waals surface area contributed by atoms with Crippen LogP contribution in [0.5, 0.6) is 0 Å². The van der Waals surface area contributed by atoms with Gasteiger partial charge in [0.1, 0.15) is 11.7 Å². The molecule has 0 bridgehead atoms. The third kappa shape index (κ3) is 9.85. The molecule has 1 aliphatic carbocycles. The predicted octanol–water partition coefficient (Wildman–Crippen LogP) is 5.12. The van der Waals surface area contributed by atoms with Gasteiger partial charge in [0.2, 0.25) is 0 Å². The van der Waals surface area contributed by atoms with Crippen LogP contribution in [-0.4, -0.2) is 66.8 Å². The predicted molar refractivity (Wildman–Crippen MR) is 152 cm³/mol. The van der Waals surface area contributed by atoms with Crippen molar-refractivity contribution in [3.05, 3.63) is 52.2 Å². The first-order chi connectivity index (χ1) is 19.5. The fraction of sp³-hybridized carbons (Fsp3) is 0.633. The van der Waals surface area contributed by atoms with E-state index >= 15 is 0 Å². The van der Waals surface area contributed by atoms with Gasteiger partial charge in [0, 0.05) is 38.9 Å². The van der Waals surface area contributed by atoms with Gasteiger partial charge in [-0.1, -0.05) is 17.7 Å². The first kappa shape index (κ1) is 32.6. The minimum Gasteiger partial charge on any atom is -0.388 e. The number of alkyl halides is 3. The number of rotatable bonds is 14. The number of aryl methyl sites for hydroxylation is 1. The molecule has 1 aromatic rings. The Kier molecular flexibility index (Phi) is 12.2. The lowest BCUT2D eigenvalue weighted by Crippen LogP contribution is -2.46. The number of nitrogens with zero attached hydrogens (tertiary/aromatic N) is 3. The quantitative estimate of drug-likeness (QED) is 0.160. The third-order valence-corrected chi connectivity index (χ3v) is 7.77. The number of ketones is 1. The second kappa shape index (κ2) is 15.3.